The van der Waals surface area contributed by atoms with Crippen LogP contribution in [0.4, 0.5) is 0 Å². The van der Waals surface area contributed by atoms with E-state index in [1.807, 2.05) is 36.4 Å². The van der Waals surface area contributed by atoms with Crippen molar-refractivity contribution < 1.29 is 14.7 Å². The van der Waals surface area contributed by atoms with Crippen LogP contribution in [-0.2, 0) is 16.0 Å². The molecule has 0 spiro atoms. The molecule has 7 heteroatoms. The average Bonchev–Trinajstić information content (AvgIpc) is 3.11. The number of hydrogen-bond donors (Lipinski definition) is 1. The molecule has 0 bridgehead atoms. The van der Waals surface area contributed by atoms with Crippen LogP contribution in [0.2, 0.25) is 0 Å². The molecule has 0 saturated carbocycles. The normalized spacial score (nSPS) is 22.2. The Kier molecular flexibility index (Phi) is 2.98. The summed E-state index contributed by atoms with van der Waals surface area (Å²) in [4.78, 5) is 30.7. The Hall–Kier alpha value is -2.93. The monoisotopic (exact) mass is 364 g/mol. The van der Waals surface area contributed by atoms with Gasteiger partial charge in [0, 0.05) is 30.1 Å². The number of aromatic amines is 1. The summed E-state index contributed by atoms with van der Waals surface area (Å²) in [7, 11) is 1.58. The number of thiocarbonyl (C=S) groups is 1. The van der Waals surface area contributed by atoms with E-state index >= 15 is 0 Å². The number of benzene rings is 2. The third kappa shape index (κ3) is 1.78. The molecule has 1 saturated heterocycles. The van der Waals surface area contributed by atoms with Gasteiger partial charge in [0.2, 0.25) is 0 Å². The molecule has 1 aromatic heterocycles. The lowest BCUT2D eigenvalue weighted by molar-refractivity contribution is -0.311. The lowest BCUT2D eigenvalue weighted by atomic mass is 9.91. The number of carbonyl (C=O) groups is 2. The summed E-state index contributed by atoms with van der Waals surface area (Å²) in [6, 6.07) is 10.2. The van der Waals surface area contributed by atoms with Crippen LogP contribution in [0.1, 0.15) is 17.3 Å². The van der Waals surface area contributed by atoms with Crippen molar-refractivity contribution in [3.63, 3.8) is 0 Å². The van der Waals surface area contributed by atoms with Crippen LogP contribution >= 0.6 is 12.2 Å². The molecule has 2 aliphatic rings. The predicted octanol–water partition coefficient (Wildman–Crippen LogP) is 1.10. The standard InChI is InChI=1S/C19H15N3O3S/c1-21-17(23)13-8-11-14-10-5-3-2-4-9(10)6-7-12(14)20-15(11)16(18(24)25)22(13)19(21)26/h2-7,13,16,20H,8H2,1H3,(H,24,25)/p-1. The number of H-pyrrole nitrogens is 1. The molecule has 2 aliphatic heterocycles. The van der Waals surface area contributed by atoms with Gasteiger partial charge in [0.25, 0.3) is 5.91 Å². The number of aromatic nitrogens is 1. The fourth-order valence-corrected chi connectivity index (χ4v) is 4.61. The van der Waals surface area contributed by atoms with Gasteiger partial charge in [0.1, 0.15) is 12.1 Å². The Morgan fingerprint density at radius 1 is 1.27 bits per heavy atom. The number of rotatable bonds is 1. The highest BCUT2D eigenvalue weighted by atomic mass is 32.1. The van der Waals surface area contributed by atoms with E-state index < -0.39 is 18.1 Å². The van der Waals surface area contributed by atoms with Gasteiger partial charge >= 0.3 is 0 Å². The van der Waals surface area contributed by atoms with Crippen LogP contribution in [0.15, 0.2) is 36.4 Å². The maximum atomic E-state index is 12.6. The second-order valence-corrected chi connectivity index (χ2v) is 7.12. The average molecular weight is 364 g/mol. The summed E-state index contributed by atoms with van der Waals surface area (Å²) in [5.41, 5.74) is 2.27. The number of fused-ring (bicyclic) bond motifs is 6. The smallest absolute Gasteiger partial charge is 0.251 e. The fourth-order valence-electron chi connectivity index (χ4n) is 4.28. The van der Waals surface area contributed by atoms with E-state index in [9.17, 15) is 14.7 Å². The number of nitrogens with zero attached hydrogens (tertiary/aromatic N) is 2. The third-order valence-corrected chi connectivity index (χ3v) is 5.94. The number of nitrogens with one attached hydrogen (secondary N) is 1. The Balaban J connectivity index is 1.84. The summed E-state index contributed by atoms with van der Waals surface area (Å²) in [6.45, 7) is 0. The largest absolute Gasteiger partial charge is 0.547 e. The Bertz CT molecular complexity index is 1140. The maximum absolute atomic E-state index is 12.6. The number of carbonyl (C=O) groups excluding carboxylic acids is 2. The van der Waals surface area contributed by atoms with Crippen LogP contribution < -0.4 is 5.11 Å². The van der Waals surface area contributed by atoms with Gasteiger partial charge in [0.15, 0.2) is 5.11 Å². The van der Waals surface area contributed by atoms with E-state index in [0.29, 0.717) is 12.1 Å². The van der Waals surface area contributed by atoms with E-state index in [1.54, 1.807) is 7.05 Å². The lowest BCUT2D eigenvalue weighted by Gasteiger charge is -2.37. The first-order valence-electron chi connectivity index (χ1n) is 8.32. The Morgan fingerprint density at radius 2 is 2.04 bits per heavy atom. The molecule has 3 heterocycles. The molecule has 6 nitrogen and oxygen atoms in total. The molecular formula is C19H14N3O3S-. The SMILES string of the molecule is CN1C(=O)C2Cc3c([nH]c4ccc5ccccc5c34)C(C(=O)[O-])N2C1=S. The number of likely N-dealkylation sites (N-methyl/N-ethyl adjacent to an activating group) is 1. The van der Waals surface area contributed by atoms with E-state index in [4.69, 9.17) is 12.2 Å². The Morgan fingerprint density at radius 3 is 2.81 bits per heavy atom. The van der Waals surface area contributed by atoms with Crippen molar-refractivity contribution in [1.82, 2.24) is 14.8 Å². The zero-order valence-corrected chi connectivity index (χ0v) is 14.7. The summed E-state index contributed by atoms with van der Waals surface area (Å²) in [6.07, 6.45) is 0.413. The van der Waals surface area contributed by atoms with Crippen LogP contribution in [0, 0.1) is 0 Å². The van der Waals surface area contributed by atoms with Gasteiger partial charge in [-0.15, -0.1) is 0 Å². The zero-order valence-electron chi connectivity index (χ0n) is 13.9. The molecule has 130 valence electrons. The van der Waals surface area contributed by atoms with Crippen molar-refractivity contribution in [2.45, 2.75) is 18.5 Å². The summed E-state index contributed by atoms with van der Waals surface area (Å²) >= 11 is 5.33. The summed E-state index contributed by atoms with van der Waals surface area (Å²) < 4.78 is 0. The minimum absolute atomic E-state index is 0.179. The molecule has 5 rings (SSSR count). The van der Waals surface area contributed by atoms with Gasteiger partial charge in [0.05, 0.1) is 5.97 Å². The first kappa shape index (κ1) is 15.3. The lowest BCUT2D eigenvalue weighted by Crippen LogP contribution is -2.50. The topological polar surface area (TPSA) is 79.5 Å². The van der Waals surface area contributed by atoms with Gasteiger partial charge in [-0.1, -0.05) is 30.3 Å². The van der Waals surface area contributed by atoms with E-state index in [1.165, 1.54) is 9.80 Å². The minimum Gasteiger partial charge on any atom is -0.547 e. The van der Waals surface area contributed by atoms with E-state index in [0.717, 1.165) is 27.2 Å². The second-order valence-electron chi connectivity index (χ2n) is 6.76. The molecule has 26 heavy (non-hydrogen) atoms. The van der Waals surface area contributed by atoms with Crippen LogP contribution in [0.3, 0.4) is 0 Å². The number of hydrogen-bond acceptors (Lipinski definition) is 4. The van der Waals surface area contributed by atoms with Crippen molar-refractivity contribution in [2.24, 2.45) is 0 Å². The van der Waals surface area contributed by atoms with Crippen molar-refractivity contribution in [1.29, 1.82) is 0 Å². The number of aliphatic carboxylic acids is 1. The highest BCUT2D eigenvalue weighted by Crippen LogP contribution is 2.42. The maximum Gasteiger partial charge on any atom is 0.251 e. The highest BCUT2D eigenvalue weighted by molar-refractivity contribution is 7.80. The van der Waals surface area contributed by atoms with Crippen molar-refractivity contribution >= 4 is 50.9 Å². The van der Waals surface area contributed by atoms with E-state index in [2.05, 4.69) is 4.98 Å². The van der Waals surface area contributed by atoms with Crippen molar-refractivity contribution in [3.05, 3.63) is 47.7 Å². The van der Waals surface area contributed by atoms with Gasteiger partial charge in [-0.2, -0.15) is 0 Å². The fraction of sp³-hybridized carbons (Fsp3) is 0.211. The molecule has 1 amide bonds. The molecule has 2 unspecified atom stereocenters. The highest BCUT2D eigenvalue weighted by Gasteiger charge is 2.49. The molecule has 3 aromatic rings. The van der Waals surface area contributed by atoms with Gasteiger partial charge in [-0.3, -0.25) is 9.69 Å². The molecule has 1 fully saturated rings. The van der Waals surface area contributed by atoms with Gasteiger partial charge < -0.3 is 19.8 Å². The van der Waals surface area contributed by atoms with Crippen LogP contribution in [-0.4, -0.2) is 44.9 Å². The second kappa shape index (κ2) is 5.04. The number of carboxylic acids is 1. The minimum atomic E-state index is -1.27. The molecule has 0 radical (unpaired) electrons. The predicted molar refractivity (Wildman–Crippen MR) is 98.3 cm³/mol. The van der Waals surface area contributed by atoms with Crippen LogP contribution in [0.25, 0.3) is 21.7 Å². The third-order valence-electron chi connectivity index (χ3n) is 5.46. The number of amides is 1. The van der Waals surface area contributed by atoms with E-state index in [-0.39, 0.29) is 11.0 Å². The quantitative estimate of drug-likeness (QED) is 0.654. The first-order valence-corrected chi connectivity index (χ1v) is 8.73. The van der Waals surface area contributed by atoms with Crippen LogP contribution in [0.5, 0.6) is 0 Å². The summed E-state index contributed by atoms with van der Waals surface area (Å²) in [5, 5.41) is 15.3. The molecule has 0 aliphatic carbocycles. The molecule has 2 atom stereocenters. The molecule has 2 aromatic carbocycles. The Labute approximate surface area is 154 Å². The zero-order chi connectivity index (χ0) is 18.2. The number of carboxylic acid groups (broad SMARTS) is 1. The van der Waals surface area contributed by atoms with Gasteiger partial charge in [-0.05, 0) is 34.6 Å². The first-order chi connectivity index (χ1) is 12.5. The molecule has 1 N–H and O–H groups in total. The molecular weight excluding hydrogens is 350 g/mol. The van der Waals surface area contributed by atoms with Crippen molar-refractivity contribution in [2.75, 3.05) is 7.05 Å². The summed E-state index contributed by atoms with van der Waals surface area (Å²) in [5.74, 6) is -1.45. The van der Waals surface area contributed by atoms with Gasteiger partial charge in [-0.25, -0.2) is 0 Å². The van der Waals surface area contributed by atoms with Crippen molar-refractivity contribution in [3.8, 4) is 0 Å².